The first kappa shape index (κ1) is 18.8. The van der Waals surface area contributed by atoms with E-state index in [4.69, 9.17) is 0 Å². The van der Waals surface area contributed by atoms with E-state index in [1.807, 2.05) is 18.2 Å². The fraction of sp³-hybridized carbons (Fsp3) is 0.316. The molecule has 0 bridgehead atoms. The number of thiophene rings is 1. The maximum Gasteiger partial charge on any atom is 0.279 e. The van der Waals surface area contributed by atoms with Crippen LogP contribution in [0.25, 0.3) is 0 Å². The highest BCUT2D eigenvalue weighted by Crippen LogP contribution is 2.23. The van der Waals surface area contributed by atoms with Crippen molar-refractivity contribution < 1.29 is 14.4 Å². The highest BCUT2D eigenvalue weighted by molar-refractivity contribution is 9.11. The van der Waals surface area contributed by atoms with Crippen LogP contribution < -0.4 is 10.9 Å². The molecule has 0 saturated heterocycles. The lowest BCUT2D eigenvalue weighted by Gasteiger charge is -2.16. The smallest absolute Gasteiger partial charge is 0.279 e. The summed E-state index contributed by atoms with van der Waals surface area (Å²) < 4.78 is 0.838. The Morgan fingerprint density at radius 3 is 2.46 bits per heavy atom. The minimum Gasteiger partial charge on any atom is -0.294 e. The summed E-state index contributed by atoms with van der Waals surface area (Å²) in [6.45, 7) is 0. The van der Waals surface area contributed by atoms with E-state index in [1.54, 1.807) is 12.1 Å². The number of hydrogen-bond acceptors (Lipinski definition) is 4. The summed E-state index contributed by atoms with van der Waals surface area (Å²) in [5, 5.41) is 0. The molecule has 2 amide bonds. The normalized spacial score (nSPS) is 13.0. The summed E-state index contributed by atoms with van der Waals surface area (Å²) in [4.78, 5) is 36.5. The van der Waals surface area contributed by atoms with Gasteiger partial charge >= 0.3 is 0 Å². The highest BCUT2D eigenvalue weighted by Gasteiger charge is 2.15. The number of aryl methyl sites for hydroxylation is 2. The number of rotatable bonds is 5. The van der Waals surface area contributed by atoms with Crippen molar-refractivity contribution in [3.8, 4) is 0 Å². The third-order valence-electron chi connectivity index (χ3n) is 4.36. The van der Waals surface area contributed by atoms with Gasteiger partial charge in [-0.3, -0.25) is 25.2 Å². The number of hydrazine groups is 1. The van der Waals surface area contributed by atoms with Crippen molar-refractivity contribution in [2.75, 3.05) is 0 Å². The van der Waals surface area contributed by atoms with Crippen molar-refractivity contribution in [3.63, 3.8) is 0 Å². The fourth-order valence-corrected chi connectivity index (χ4v) is 4.25. The Labute approximate surface area is 164 Å². The number of nitrogens with one attached hydrogen (secondary N) is 2. The number of ketones is 1. The van der Waals surface area contributed by atoms with Gasteiger partial charge in [0.05, 0.1) is 8.66 Å². The van der Waals surface area contributed by atoms with Crippen molar-refractivity contribution in [1.29, 1.82) is 0 Å². The molecular formula is C19H19BrN2O3S. The van der Waals surface area contributed by atoms with Crippen molar-refractivity contribution >= 4 is 44.9 Å². The van der Waals surface area contributed by atoms with Crippen LogP contribution in [0.1, 0.15) is 56.8 Å². The minimum absolute atomic E-state index is 0.0321. The predicted octanol–water partition coefficient (Wildman–Crippen LogP) is 3.81. The average Bonchev–Trinajstić information content (AvgIpc) is 3.10. The van der Waals surface area contributed by atoms with Gasteiger partial charge in [-0.1, -0.05) is 12.1 Å². The summed E-state index contributed by atoms with van der Waals surface area (Å²) in [5.74, 6) is -0.822. The molecule has 0 fully saturated rings. The largest absolute Gasteiger partial charge is 0.294 e. The predicted molar refractivity (Wildman–Crippen MR) is 104 cm³/mol. The molecule has 1 aromatic carbocycles. The van der Waals surface area contributed by atoms with Crippen LogP contribution in [0.4, 0.5) is 0 Å². The summed E-state index contributed by atoms with van der Waals surface area (Å²) >= 11 is 4.55. The molecule has 1 aliphatic rings. The molecule has 0 aliphatic heterocycles. The molecule has 0 radical (unpaired) electrons. The van der Waals surface area contributed by atoms with E-state index in [1.165, 1.54) is 28.9 Å². The molecule has 7 heteroatoms. The minimum atomic E-state index is -0.389. The van der Waals surface area contributed by atoms with E-state index in [-0.39, 0.29) is 30.4 Å². The molecule has 2 aromatic rings. The van der Waals surface area contributed by atoms with E-state index in [0.717, 1.165) is 23.0 Å². The Bertz CT molecular complexity index is 847. The van der Waals surface area contributed by atoms with Gasteiger partial charge in [0.2, 0.25) is 5.91 Å². The number of carbonyl (C=O) groups is 3. The maximum absolute atomic E-state index is 12.3. The number of benzene rings is 1. The number of amides is 2. The van der Waals surface area contributed by atoms with Crippen LogP contribution in [0.2, 0.25) is 0 Å². The third-order valence-corrected chi connectivity index (χ3v) is 5.98. The monoisotopic (exact) mass is 434 g/mol. The van der Waals surface area contributed by atoms with E-state index in [9.17, 15) is 14.4 Å². The zero-order chi connectivity index (χ0) is 18.5. The van der Waals surface area contributed by atoms with Crippen LogP contribution in [0.15, 0.2) is 34.1 Å². The zero-order valence-corrected chi connectivity index (χ0v) is 16.5. The van der Waals surface area contributed by atoms with Gasteiger partial charge in [0.15, 0.2) is 5.78 Å². The highest BCUT2D eigenvalue weighted by atomic mass is 79.9. The number of halogens is 1. The molecule has 0 spiro atoms. The first-order valence-corrected chi connectivity index (χ1v) is 10.1. The van der Waals surface area contributed by atoms with Gasteiger partial charge in [0, 0.05) is 18.4 Å². The lowest BCUT2D eigenvalue weighted by atomic mass is 9.89. The summed E-state index contributed by atoms with van der Waals surface area (Å²) in [6.07, 6.45) is 4.60. The third kappa shape index (κ3) is 4.80. The molecule has 0 unspecified atom stereocenters. The standard InChI is InChI=1S/C19H19BrN2O3S/c20-17-9-8-16(26-17)19(25)22-21-18(24)10-7-15(23)14-6-5-12-3-1-2-4-13(12)11-14/h5-6,8-9,11H,1-4,7,10H2,(H,21,24)(H,22,25). The van der Waals surface area contributed by atoms with E-state index in [2.05, 4.69) is 26.8 Å². The molecular weight excluding hydrogens is 416 g/mol. The van der Waals surface area contributed by atoms with Crippen molar-refractivity contribution in [3.05, 3.63) is 55.7 Å². The van der Waals surface area contributed by atoms with Gasteiger partial charge in [-0.15, -0.1) is 11.3 Å². The first-order chi connectivity index (χ1) is 12.5. The van der Waals surface area contributed by atoms with E-state index < -0.39 is 0 Å². The Morgan fingerprint density at radius 2 is 1.73 bits per heavy atom. The van der Waals surface area contributed by atoms with Gasteiger partial charge in [-0.2, -0.15) is 0 Å². The summed E-state index contributed by atoms with van der Waals surface area (Å²) in [5.41, 5.74) is 7.94. The van der Waals surface area contributed by atoms with E-state index >= 15 is 0 Å². The van der Waals surface area contributed by atoms with Crippen LogP contribution in [0.3, 0.4) is 0 Å². The number of carbonyl (C=O) groups excluding carboxylic acids is 3. The van der Waals surface area contributed by atoms with Crippen molar-refractivity contribution in [2.45, 2.75) is 38.5 Å². The number of hydrogen-bond donors (Lipinski definition) is 2. The van der Waals surface area contributed by atoms with E-state index in [0.29, 0.717) is 10.4 Å². The fourth-order valence-electron chi connectivity index (χ4n) is 2.97. The van der Waals surface area contributed by atoms with Crippen LogP contribution in [-0.2, 0) is 17.6 Å². The Morgan fingerprint density at radius 1 is 0.962 bits per heavy atom. The quantitative estimate of drug-likeness (QED) is 0.554. The van der Waals surface area contributed by atoms with Crippen LogP contribution in [-0.4, -0.2) is 17.6 Å². The molecule has 0 saturated carbocycles. The molecule has 1 aromatic heterocycles. The zero-order valence-electron chi connectivity index (χ0n) is 14.1. The van der Waals surface area contributed by atoms with Gasteiger partial charge in [0.1, 0.15) is 0 Å². The number of fused-ring (bicyclic) bond motifs is 1. The lowest BCUT2D eigenvalue weighted by molar-refractivity contribution is -0.121. The van der Waals surface area contributed by atoms with Gasteiger partial charge in [-0.05, 0) is 70.9 Å². The van der Waals surface area contributed by atoms with Crippen LogP contribution in [0.5, 0.6) is 0 Å². The molecule has 136 valence electrons. The van der Waals surface area contributed by atoms with Gasteiger partial charge in [0.25, 0.3) is 5.91 Å². The maximum atomic E-state index is 12.3. The Hall–Kier alpha value is -1.99. The lowest BCUT2D eigenvalue weighted by Crippen LogP contribution is -2.41. The van der Waals surface area contributed by atoms with Crippen molar-refractivity contribution in [2.24, 2.45) is 0 Å². The Kier molecular flexibility index (Phi) is 6.21. The second-order valence-corrected chi connectivity index (χ2v) is 8.68. The summed E-state index contributed by atoms with van der Waals surface area (Å²) in [6, 6.07) is 9.27. The van der Waals surface area contributed by atoms with Crippen molar-refractivity contribution in [1.82, 2.24) is 10.9 Å². The molecule has 5 nitrogen and oxygen atoms in total. The van der Waals surface area contributed by atoms with Gasteiger partial charge < -0.3 is 0 Å². The molecule has 26 heavy (non-hydrogen) atoms. The van der Waals surface area contributed by atoms with Crippen LogP contribution >= 0.6 is 27.3 Å². The Balaban J connectivity index is 1.46. The molecule has 0 atom stereocenters. The van der Waals surface area contributed by atoms with Crippen LogP contribution in [0, 0.1) is 0 Å². The van der Waals surface area contributed by atoms with Gasteiger partial charge in [-0.25, -0.2) is 0 Å². The molecule has 1 aliphatic carbocycles. The first-order valence-electron chi connectivity index (χ1n) is 8.52. The average molecular weight is 435 g/mol. The number of Topliss-reactive ketones (excluding diaryl/α,β-unsaturated/α-hetero) is 1. The second-order valence-electron chi connectivity index (χ2n) is 6.22. The topological polar surface area (TPSA) is 75.3 Å². The second kappa shape index (κ2) is 8.60. The molecule has 3 rings (SSSR count). The summed E-state index contributed by atoms with van der Waals surface area (Å²) in [7, 11) is 0. The molecule has 1 heterocycles. The molecule has 2 N–H and O–H groups in total. The SMILES string of the molecule is O=C(CCC(=O)c1ccc2c(c1)CCCC2)NNC(=O)c1ccc(Br)s1.